The third kappa shape index (κ3) is 3.86. The number of cyclic esters (lactones) is 1. The van der Waals surface area contributed by atoms with Crippen LogP contribution in [0.15, 0.2) is 67.0 Å². The number of carbonyl (C=O) groups is 2. The van der Waals surface area contributed by atoms with E-state index in [0.29, 0.717) is 49.7 Å². The average Bonchev–Trinajstić information content (AvgIpc) is 2.84. The van der Waals surface area contributed by atoms with E-state index < -0.39 is 0 Å². The molecule has 0 spiro atoms. The second-order valence-corrected chi connectivity index (χ2v) is 7.71. The largest absolute Gasteiger partial charge is 0.454 e. The summed E-state index contributed by atoms with van der Waals surface area (Å²) in [6, 6.07) is 16.8. The van der Waals surface area contributed by atoms with Crippen LogP contribution in [0.5, 0.6) is 0 Å². The van der Waals surface area contributed by atoms with E-state index >= 15 is 0 Å². The number of esters is 1. The molecule has 2 aliphatic heterocycles. The molecule has 1 fully saturated rings. The zero-order valence-electron chi connectivity index (χ0n) is 17.0. The molecular formula is C24H22N4O3. The number of amides is 1. The second-order valence-electron chi connectivity index (χ2n) is 7.71. The highest BCUT2D eigenvalue weighted by Crippen LogP contribution is 2.31. The molecule has 1 atom stereocenters. The summed E-state index contributed by atoms with van der Waals surface area (Å²) in [7, 11) is 0. The molecule has 7 nitrogen and oxygen atoms in total. The van der Waals surface area contributed by atoms with Gasteiger partial charge in [0, 0.05) is 50.6 Å². The average molecular weight is 414 g/mol. The number of hydrogen-bond donors (Lipinski definition) is 0. The van der Waals surface area contributed by atoms with Gasteiger partial charge in [-0.25, -0.2) is 14.8 Å². The number of carbonyl (C=O) groups excluding carboxylic acids is 2. The second kappa shape index (κ2) is 8.18. The van der Waals surface area contributed by atoms with E-state index in [2.05, 4.69) is 14.9 Å². The number of anilines is 1. The van der Waals surface area contributed by atoms with Crippen LogP contribution in [0.3, 0.4) is 0 Å². The van der Waals surface area contributed by atoms with Gasteiger partial charge in [0.25, 0.3) is 5.91 Å². The first kappa shape index (κ1) is 19.2. The predicted octanol–water partition coefficient (Wildman–Crippen LogP) is 2.89. The Morgan fingerprint density at radius 2 is 1.68 bits per heavy atom. The zero-order valence-corrected chi connectivity index (χ0v) is 17.0. The van der Waals surface area contributed by atoms with Gasteiger partial charge in [-0.15, -0.1) is 0 Å². The fourth-order valence-corrected chi connectivity index (χ4v) is 4.13. The van der Waals surface area contributed by atoms with Gasteiger partial charge in [-0.1, -0.05) is 30.3 Å². The Hall–Kier alpha value is -3.74. The van der Waals surface area contributed by atoms with Crippen LogP contribution in [0.25, 0.3) is 0 Å². The molecule has 3 heterocycles. The Bertz CT molecular complexity index is 1100. The van der Waals surface area contributed by atoms with Crippen molar-refractivity contribution in [2.45, 2.75) is 12.5 Å². The molecular weight excluding hydrogens is 392 g/mol. The molecule has 1 saturated heterocycles. The van der Waals surface area contributed by atoms with Crippen molar-refractivity contribution in [3.8, 4) is 0 Å². The zero-order chi connectivity index (χ0) is 21.2. The maximum Gasteiger partial charge on any atom is 0.339 e. The van der Waals surface area contributed by atoms with Crippen molar-refractivity contribution in [1.29, 1.82) is 0 Å². The van der Waals surface area contributed by atoms with Crippen LogP contribution in [-0.4, -0.2) is 52.9 Å². The summed E-state index contributed by atoms with van der Waals surface area (Å²) in [6.45, 7) is 2.57. The topological polar surface area (TPSA) is 75.6 Å². The van der Waals surface area contributed by atoms with Crippen LogP contribution in [0, 0.1) is 0 Å². The minimum Gasteiger partial charge on any atom is -0.454 e. The molecule has 156 valence electrons. The first-order valence-electron chi connectivity index (χ1n) is 10.4. The van der Waals surface area contributed by atoms with Gasteiger partial charge in [0.1, 0.15) is 6.10 Å². The molecule has 5 rings (SSSR count). The van der Waals surface area contributed by atoms with Crippen molar-refractivity contribution in [2.24, 2.45) is 0 Å². The van der Waals surface area contributed by atoms with Crippen LogP contribution in [0.2, 0.25) is 0 Å². The maximum absolute atomic E-state index is 13.1. The summed E-state index contributed by atoms with van der Waals surface area (Å²) in [5.74, 6) is 0.325. The van der Waals surface area contributed by atoms with E-state index in [1.165, 1.54) is 0 Å². The lowest BCUT2D eigenvalue weighted by molar-refractivity contribution is 0.0252. The van der Waals surface area contributed by atoms with Crippen molar-refractivity contribution in [2.75, 3.05) is 31.1 Å². The van der Waals surface area contributed by atoms with E-state index in [1.807, 2.05) is 41.3 Å². The number of fused-ring (bicyclic) bond motifs is 1. The highest BCUT2D eigenvalue weighted by atomic mass is 16.5. The molecule has 1 unspecified atom stereocenters. The lowest BCUT2D eigenvalue weighted by Gasteiger charge is -2.35. The molecule has 0 aliphatic carbocycles. The first-order valence-corrected chi connectivity index (χ1v) is 10.4. The molecule has 1 aromatic heterocycles. The van der Waals surface area contributed by atoms with E-state index in [0.717, 1.165) is 11.1 Å². The maximum atomic E-state index is 13.1. The highest BCUT2D eigenvalue weighted by molar-refractivity contribution is 5.98. The molecule has 31 heavy (non-hydrogen) atoms. The molecule has 1 amide bonds. The Morgan fingerprint density at radius 1 is 0.935 bits per heavy atom. The van der Waals surface area contributed by atoms with Gasteiger partial charge in [-0.05, 0) is 35.4 Å². The summed E-state index contributed by atoms with van der Waals surface area (Å²) in [6.07, 6.45) is 3.67. The molecule has 3 aromatic rings. The monoisotopic (exact) mass is 414 g/mol. The molecule has 0 radical (unpaired) electrons. The van der Waals surface area contributed by atoms with E-state index in [4.69, 9.17) is 4.74 Å². The van der Waals surface area contributed by atoms with Gasteiger partial charge in [0.05, 0.1) is 5.56 Å². The van der Waals surface area contributed by atoms with Crippen molar-refractivity contribution >= 4 is 17.8 Å². The summed E-state index contributed by atoms with van der Waals surface area (Å²) in [5, 5.41) is 0. The van der Waals surface area contributed by atoms with Gasteiger partial charge in [0.15, 0.2) is 0 Å². The van der Waals surface area contributed by atoms with Gasteiger partial charge < -0.3 is 14.5 Å². The standard InChI is InChI=1S/C24H22N4O3/c29-22(27-11-13-28(14-12-27)24-25-9-4-10-26-24)18-7-8-20-19(15-18)16-21(31-23(20)30)17-5-2-1-3-6-17/h1-10,15,21H,11-14,16H2. The van der Waals surface area contributed by atoms with E-state index in [1.54, 1.807) is 30.6 Å². The number of piperazine rings is 1. The fourth-order valence-electron chi connectivity index (χ4n) is 4.13. The van der Waals surface area contributed by atoms with Crippen LogP contribution < -0.4 is 4.90 Å². The Labute approximate surface area is 180 Å². The van der Waals surface area contributed by atoms with E-state index in [9.17, 15) is 9.59 Å². The fraction of sp³-hybridized carbons (Fsp3) is 0.250. The minimum absolute atomic E-state index is 0.0216. The molecule has 0 N–H and O–H groups in total. The van der Waals surface area contributed by atoms with Crippen molar-refractivity contribution in [3.05, 3.63) is 89.2 Å². The van der Waals surface area contributed by atoms with Gasteiger partial charge in [-0.3, -0.25) is 4.79 Å². The highest BCUT2D eigenvalue weighted by Gasteiger charge is 2.29. The molecule has 0 saturated carbocycles. The third-order valence-electron chi connectivity index (χ3n) is 5.80. The van der Waals surface area contributed by atoms with Gasteiger partial charge in [0.2, 0.25) is 5.95 Å². The van der Waals surface area contributed by atoms with E-state index in [-0.39, 0.29) is 18.0 Å². The van der Waals surface area contributed by atoms with Crippen LogP contribution >= 0.6 is 0 Å². The first-order chi connectivity index (χ1) is 15.2. The molecule has 2 aromatic carbocycles. The number of rotatable bonds is 3. The number of benzene rings is 2. The van der Waals surface area contributed by atoms with Crippen molar-refractivity contribution < 1.29 is 14.3 Å². The third-order valence-corrected chi connectivity index (χ3v) is 5.80. The quantitative estimate of drug-likeness (QED) is 0.614. The summed E-state index contributed by atoms with van der Waals surface area (Å²) in [4.78, 5) is 38.1. The van der Waals surface area contributed by atoms with Crippen LogP contribution in [-0.2, 0) is 11.2 Å². The lowest BCUT2D eigenvalue weighted by Crippen LogP contribution is -2.49. The summed E-state index contributed by atoms with van der Waals surface area (Å²) < 4.78 is 5.62. The Kier molecular flexibility index (Phi) is 5.08. The number of nitrogens with zero attached hydrogens (tertiary/aromatic N) is 4. The van der Waals surface area contributed by atoms with Gasteiger partial charge >= 0.3 is 5.97 Å². The number of aromatic nitrogens is 2. The SMILES string of the molecule is O=C1OC(c2ccccc2)Cc2cc(C(=O)N3CCN(c4ncccn4)CC3)ccc21. The van der Waals surface area contributed by atoms with Crippen LogP contribution in [0.4, 0.5) is 5.95 Å². The van der Waals surface area contributed by atoms with Gasteiger partial charge in [-0.2, -0.15) is 0 Å². The molecule has 0 bridgehead atoms. The Balaban J connectivity index is 1.31. The Morgan fingerprint density at radius 3 is 2.42 bits per heavy atom. The van der Waals surface area contributed by atoms with Crippen molar-refractivity contribution in [1.82, 2.24) is 14.9 Å². The predicted molar refractivity (Wildman–Crippen MR) is 115 cm³/mol. The minimum atomic E-state index is -0.342. The summed E-state index contributed by atoms with van der Waals surface area (Å²) in [5.41, 5.74) is 2.95. The smallest absolute Gasteiger partial charge is 0.339 e. The lowest BCUT2D eigenvalue weighted by atomic mass is 9.93. The summed E-state index contributed by atoms with van der Waals surface area (Å²) >= 11 is 0. The number of hydrogen-bond acceptors (Lipinski definition) is 6. The number of ether oxygens (including phenoxy) is 1. The van der Waals surface area contributed by atoms with Crippen molar-refractivity contribution in [3.63, 3.8) is 0 Å². The van der Waals surface area contributed by atoms with Crippen LogP contribution in [0.1, 0.15) is 37.9 Å². The normalized spacial score (nSPS) is 18.3. The molecule has 7 heteroatoms. The molecule has 2 aliphatic rings.